The molecule has 218 valence electrons. The van der Waals surface area contributed by atoms with Gasteiger partial charge in [-0.25, -0.2) is 9.78 Å². The zero-order valence-electron chi connectivity index (χ0n) is 24.7. The fraction of sp³-hybridized carbons (Fsp3) is 0.294. The Morgan fingerprint density at radius 3 is 1.83 bits per heavy atom. The highest BCUT2D eigenvalue weighted by Crippen LogP contribution is 2.40. The second kappa shape index (κ2) is 13.8. The predicted molar refractivity (Wildman–Crippen MR) is 165 cm³/mol. The number of nitrogens with zero attached hydrogens (tertiary/aromatic N) is 3. The number of imidazole rings is 1. The topological polar surface area (TPSA) is 97.6 Å². The summed E-state index contributed by atoms with van der Waals surface area (Å²) >= 11 is 0. The second-order valence-corrected chi connectivity index (χ2v) is 10.9. The summed E-state index contributed by atoms with van der Waals surface area (Å²) in [6.45, 7) is 7.43. The van der Waals surface area contributed by atoms with Crippen LogP contribution >= 0.6 is 0 Å². The van der Waals surface area contributed by atoms with E-state index in [9.17, 15) is 9.59 Å². The average molecular weight is 566 g/mol. The summed E-state index contributed by atoms with van der Waals surface area (Å²) in [5.74, 6) is -0.166. The molecule has 0 aliphatic carbocycles. The van der Waals surface area contributed by atoms with E-state index in [0.717, 1.165) is 22.4 Å². The molecule has 0 saturated heterocycles. The van der Waals surface area contributed by atoms with Crippen molar-refractivity contribution in [1.29, 1.82) is 0 Å². The van der Waals surface area contributed by atoms with Crippen LogP contribution in [0.2, 0.25) is 0 Å². The first-order valence-corrected chi connectivity index (χ1v) is 14.3. The van der Waals surface area contributed by atoms with Crippen LogP contribution in [-0.4, -0.2) is 39.7 Å². The smallest absolute Gasteiger partial charge is 0.414 e. The molecule has 2 amide bonds. The van der Waals surface area contributed by atoms with Crippen molar-refractivity contribution in [2.24, 2.45) is 4.99 Å². The summed E-state index contributed by atoms with van der Waals surface area (Å²) in [4.78, 5) is 33.5. The lowest BCUT2D eigenvalue weighted by Gasteiger charge is -2.37. The minimum absolute atomic E-state index is 0.0814. The molecule has 2 N–H and O–H groups in total. The van der Waals surface area contributed by atoms with Crippen LogP contribution in [0.1, 0.15) is 62.9 Å². The highest BCUT2D eigenvalue weighted by Gasteiger charge is 2.38. The molecule has 42 heavy (non-hydrogen) atoms. The SMILES string of the molecule is CCC(=O)NC(=NCCCc1cn(C(c2ccccc2)(c2ccccc2)c2ccccc2)cn1)NC(=O)OC(C)(C)C. The summed E-state index contributed by atoms with van der Waals surface area (Å²) in [5.41, 5.74) is 3.00. The van der Waals surface area contributed by atoms with Crippen LogP contribution < -0.4 is 10.6 Å². The number of aromatic nitrogens is 2. The number of rotatable bonds is 9. The molecule has 0 spiro atoms. The minimum Gasteiger partial charge on any atom is -0.444 e. The number of amides is 2. The first-order valence-electron chi connectivity index (χ1n) is 14.3. The van der Waals surface area contributed by atoms with Crippen molar-refractivity contribution >= 4 is 18.0 Å². The van der Waals surface area contributed by atoms with E-state index in [4.69, 9.17) is 9.72 Å². The van der Waals surface area contributed by atoms with Crippen LogP contribution in [0.4, 0.5) is 4.79 Å². The monoisotopic (exact) mass is 565 g/mol. The Bertz CT molecular complexity index is 1380. The quantitative estimate of drug-likeness (QED) is 0.112. The van der Waals surface area contributed by atoms with Gasteiger partial charge in [-0.3, -0.25) is 20.4 Å². The first kappa shape index (κ1) is 30.2. The number of aliphatic imine (C=N–C) groups is 1. The largest absolute Gasteiger partial charge is 0.444 e. The number of hydrogen-bond donors (Lipinski definition) is 2. The fourth-order valence-electron chi connectivity index (χ4n) is 4.84. The number of benzene rings is 3. The molecule has 1 aromatic heterocycles. The zero-order chi connectivity index (χ0) is 30.0. The molecular weight excluding hydrogens is 526 g/mol. The van der Waals surface area contributed by atoms with Crippen molar-refractivity contribution in [1.82, 2.24) is 20.2 Å². The average Bonchev–Trinajstić information content (AvgIpc) is 3.45. The van der Waals surface area contributed by atoms with Crippen molar-refractivity contribution in [3.05, 3.63) is 126 Å². The van der Waals surface area contributed by atoms with Crippen LogP contribution in [-0.2, 0) is 21.5 Å². The lowest BCUT2D eigenvalue weighted by atomic mass is 9.77. The maximum atomic E-state index is 12.3. The molecule has 0 unspecified atom stereocenters. The van der Waals surface area contributed by atoms with Gasteiger partial charge in [-0.15, -0.1) is 0 Å². The molecule has 0 fully saturated rings. The summed E-state index contributed by atoms with van der Waals surface area (Å²) in [5, 5.41) is 5.19. The molecule has 0 bridgehead atoms. The molecule has 4 rings (SSSR count). The van der Waals surface area contributed by atoms with Crippen LogP contribution in [0.5, 0.6) is 0 Å². The number of guanidine groups is 1. The van der Waals surface area contributed by atoms with Gasteiger partial charge in [0.25, 0.3) is 0 Å². The van der Waals surface area contributed by atoms with Crippen LogP contribution in [0, 0.1) is 0 Å². The molecule has 0 atom stereocenters. The van der Waals surface area contributed by atoms with Crippen molar-refractivity contribution in [3.63, 3.8) is 0 Å². The fourth-order valence-corrected chi connectivity index (χ4v) is 4.84. The molecule has 4 aromatic rings. The first-order chi connectivity index (χ1) is 20.2. The van der Waals surface area contributed by atoms with Gasteiger partial charge in [0.05, 0.1) is 12.0 Å². The minimum atomic E-state index is -0.671. The molecule has 8 nitrogen and oxygen atoms in total. The van der Waals surface area contributed by atoms with Crippen molar-refractivity contribution in [3.8, 4) is 0 Å². The van der Waals surface area contributed by atoms with Crippen LogP contribution in [0.25, 0.3) is 0 Å². The number of aryl methyl sites for hydroxylation is 1. The number of ether oxygens (including phenoxy) is 1. The lowest BCUT2D eigenvalue weighted by molar-refractivity contribution is -0.119. The van der Waals surface area contributed by atoms with E-state index < -0.39 is 17.2 Å². The summed E-state index contributed by atoms with van der Waals surface area (Å²) < 4.78 is 7.49. The lowest BCUT2D eigenvalue weighted by Crippen LogP contribution is -2.45. The third-order valence-electron chi connectivity index (χ3n) is 6.66. The van der Waals surface area contributed by atoms with Crippen molar-refractivity contribution in [2.45, 2.75) is 58.1 Å². The maximum Gasteiger partial charge on any atom is 0.414 e. The van der Waals surface area contributed by atoms with Crippen LogP contribution in [0.15, 0.2) is 109 Å². The Labute approximate surface area is 247 Å². The van der Waals surface area contributed by atoms with E-state index in [1.807, 2.05) is 24.5 Å². The van der Waals surface area contributed by atoms with E-state index in [1.54, 1.807) is 27.7 Å². The molecule has 1 heterocycles. The number of alkyl carbamates (subject to hydrolysis) is 1. The van der Waals surface area contributed by atoms with E-state index in [-0.39, 0.29) is 18.3 Å². The van der Waals surface area contributed by atoms with Crippen molar-refractivity contribution < 1.29 is 14.3 Å². The Balaban J connectivity index is 1.59. The summed E-state index contributed by atoms with van der Waals surface area (Å²) in [6.07, 6.45) is 4.89. The normalized spacial score (nSPS) is 12.0. The number of nitrogens with one attached hydrogen (secondary N) is 2. The summed E-state index contributed by atoms with van der Waals surface area (Å²) in [6, 6.07) is 31.4. The van der Waals surface area contributed by atoms with Gasteiger partial charge in [-0.05, 0) is 50.3 Å². The molecule has 0 radical (unpaired) electrons. The van der Waals surface area contributed by atoms with Gasteiger partial charge in [0.15, 0.2) is 0 Å². The van der Waals surface area contributed by atoms with E-state index >= 15 is 0 Å². The van der Waals surface area contributed by atoms with Gasteiger partial charge in [0, 0.05) is 19.2 Å². The van der Waals surface area contributed by atoms with Crippen LogP contribution in [0.3, 0.4) is 0 Å². The highest BCUT2D eigenvalue weighted by molar-refractivity contribution is 6.03. The van der Waals surface area contributed by atoms with Gasteiger partial charge in [-0.2, -0.15) is 0 Å². The third kappa shape index (κ3) is 7.51. The maximum absolute atomic E-state index is 12.3. The van der Waals surface area contributed by atoms with Gasteiger partial charge in [0.2, 0.25) is 11.9 Å². The summed E-state index contributed by atoms with van der Waals surface area (Å²) in [7, 11) is 0. The van der Waals surface area contributed by atoms with Gasteiger partial charge < -0.3 is 9.30 Å². The zero-order valence-corrected chi connectivity index (χ0v) is 24.7. The van der Waals surface area contributed by atoms with Gasteiger partial charge >= 0.3 is 6.09 Å². The Kier molecular flexibility index (Phi) is 9.91. The second-order valence-electron chi connectivity index (χ2n) is 10.9. The molecular formula is C34H39N5O3. The molecule has 0 aliphatic rings. The molecule has 3 aromatic carbocycles. The van der Waals surface area contributed by atoms with E-state index in [0.29, 0.717) is 19.4 Å². The van der Waals surface area contributed by atoms with E-state index in [2.05, 4.69) is 99.2 Å². The molecule has 0 aliphatic heterocycles. The van der Waals surface area contributed by atoms with Gasteiger partial charge in [0.1, 0.15) is 11.1 Å². The number of carbonyl (C=O) groups excluding carboxylic acids is 2. The Hall–Kier alpha value is -4.72. The third-order valence-corrected chi connectivity index (χ3v) is 6.66. The van der Waals surface area contributed by atoms with Gasteiger partial charge in [-0.1, -0.05) is 97.9 Å². The number of carbonyl (C=O) groups is 2. The standard InChI is InChI=1S/C34H39N5O3/c1-5-30(40)37-31(38-32(41)42-33(2,3)4)35-23-15-22-29-24-39(25-36-29)34(26-16-9-6-10-17-26,27-18-11-7-12-19-27)28-20-13-8-14-21-28/h6-14,16-21,24-25H,5,15,22-23H2,1-4H3,(H2,35,37,38,40,41). The Morgan fingerprint density at radius 1 is 0.833 bits per heavy atom. The predicted octanol–water partition coefficient (Wildman–Crippen LogP) is 6.06. The van der Waals surface area contributed by atoms with E-state index in [1.165, 1.54) is 0 Å². The Morgan fingerprint density at radius 2 is 1.36 bits per heavy atom. The molecule has 8 heteroatoms. The number of hydrogen-bond acceptors (Lipinski definition) is 5. The van der Waals surface area contributed by atoms with Crippen molar-refractivity contribution in [2.75, 3.05) is 6.54 Å². The highest BCUT2D eigenvalue weighted by atomic mass is 16.6. The molecule has 0 saturated carbocycles.